The van der Waals surface area contributed by atoms with E-state index < -0.39 is 0 Å². The van der Waals surface area contributed by atoms with Crippen molar-refractivity contribution in [3.8, 4) is 0 Å². The maximum Gasteiger partial charge on any atom is 0.170 e. The molecule has 1 aromatic carbocycles. The minimum atomic E-state index is 0.0460. The monoisotopic (exact) mass is 297 g/mol. The van der Waals surface area contributed by atoms with Gasteiger partial charge in [-0.05, 0) is 24.5 Å². The molecule has 0 amide bonds. The molecule has 1 aliphatic rings. The molecule has 2 rings (SSSR count). The van der Waals surface area contributed by atoms with Gasteiger partial charge in [0, 0.05) is 29.7 Å². The average Bonchev–Trinajstić information content (AvgIpc) is 2.38. The first-order valence-electron chi connectivity index (χ1n) is 6.77. The van der Waals surface area contributed by atoms with E-state index in [-0.39, 0.29) is 12.4 Å². The van der Waals surface area contributed by atoms with Crippen LogP contribution in [0.25, 0.3) is 0 Å². The van der Waals surface area contributed by atoms with Crippen molar-refractivity contribution >= 4 is 17.4 Å². The van der Waals surface area contributed by atoms with Crippen molar-refractivity contribution in [2.75, 3.05) is 13.2 Å². The summed E-state index contributed by atoms with van der Waals surface area (Å²) in [5.41, 5.74) is 7.12. The van der Waals surface area contributed by atoms with Gasteiger partial charge in [0.1, 0.15) is 0 Å². The quantitative estimate of drug-likeness (QED) is 0.323. The zero-order valence-electron chi connectivity index (χ0n) is 11.3. The van der Waals surface area contributed by atoms with Crippen LogP contribution in [0.1, 0.15) is 30.4 Å². The lowest BCUT2D eigenvalue weighted by Gasteiger charge is -2.37. The normalized spacial score (nSPS) is 16.4. The fraction of sp³-hybridized carbons (Fsp3) is 0.500. The molecule has 0 bridgehead atoms. The highest BCUT2D eigenvalue weighted by molar-refractivity contribution is 6.31. The van der Waals surface area contributed by atoms with Gasteiger partial charge >= 0.3 is 0 Å². The number of nitrogens with two attached hydrogens (primary N) is 1. The molecule has 0 aliphatic heterocycles. The van der Waals surface area contributed by atoms with Gasteiger partial charge in [0.05, 0.1) is 6.61 Å². The molecular weight excluding hydrogens is 278 g/mol. The van der Waals surface area contributed by atoms with E-state index in [0.29, 0.717) is 29.7 Å². The fourth-order valence-electron chi connectivity index (χ4n) is 2.38. The summed E-state index contributed by atoms with van der Waals surface area (Å²) in [6, 6.07) is 5.92. The number of aliphatic hydroxyl groups excluding tert-OH is 1. The molecule has 1 aliphatic carbocycles. The van der Waals surface area contributed by atoms with Gasteiger partial charge in [0.25, 0.3) is 0 Å². The van der Waals surface area contributed by atoms with Crippen LogP contribution in [-0.4, -0.2) is 40.2 Å². The topological polar surface area (TPSA) is 82.1 Å². The number of aliphatic hydroxyl groups is 1. The number of amidine groups is 1. The summed E-state index contributed by atoms with van der Waals surface area (Å²) < 4.78 is 0. The maximum atomic E-state index is 9.17. The Balaban J connectivity index is 2.11. The Labute approximate surface area is 123 Å². The number of halogens is 1. The van der Waals surface area contributed by atoms with Crippen molar-refractivity contribution in [3.63, 3.8) is 0 Å². The van der Waals surface area contributed by atoms with E-state index >= 15 is 0 Å². The molecule has 1 aromatic rings. The van der Waals surface area contributed by atoms with Crippen LogP contribution in [0.2, 0.25) is 5.02 Å². The minimum Gasteiger partial charge on any atom is -0.409 e. The van der Waals surface area contributed by atoms with E-state index in [1.165, 1.54) is 19.3 Å². The van der Waals surface area contributed by atoms with Gasteiger partial charge in [-0.1, -0.05) is 35.3 Å². The standard InChI is InChI=1S/C14H20ClN3O2/c15-13-8-10(14(16)17-20)4-5-11(13)9-18(6-7-19)12-2-1-3-12/h4-5,8,12,19-20H,1-3,6-7,9H2,(H2,16,17). The van der Waals surface area contributed by atoms with Crippen LogP contribution in [0.15, 0.2) is 23.4 Å². The lowest BCUT2D eigenvalue weighted by molar-refractivity contribution is 0.0946. The highest BCUT2D eigenvalue weighted by Crippen LogP contribution is 2.28. The molecule has 0 heterocycles. The summed E-state index contributed by atoms with van der Waals surface area (Å²) in [4.78, 5) is 2.26. The summed E-state index contributed by atoms with van der Waals surface area (Å²) in [5.74, 6) is 0.0460. The SMILES string of the molecule is N/C(=N/O)c1ccc(CN(CCO)C2CCC2)c(Cl)c1. The van der Waals surface area contributed by atoms with E-state index in [0.717, 1.165) is 5.56 Å². The molecule has 5 nitrogen and oxygen atoms in total. The van der Waals surface area contributed by atoms with Crippen molar-refractivity contribution in [2.24, 2.45) is 10.9 Å². The van der Waals surface area contributed by atoms with E-state index in [1.54, 1.807) is 12.1 Å². The summed E-state index contributed by atoms with van der Waals surface area (Å²) in [6.45, 7) is 1.51. The average molecular weight is 298 g/mol. The van der Waals surface area contributed by atoms with Crippen LogP contribution in [0, 0.1) is 0 Å². The summed E-state index contributed by atoms with van der Waals surface area (Å²) in [7, 11) is 0. The van der Waals surface area contributed by atoms with Crippen LogP contribution in [-0.2, 0) is 6.54 Å². The highest BCUT2D eigenvalue weighted by atomic mass is 35.5. The van der Waals surface area contributed by atoms with Gasteiger partial charge in [0.2, 0.25) is 0 Å². The number of nitrogens with zero attached hydrogens (tertiary/aromatic N) is 2. The Morgan fingerprint density at radius 2 is 2.20 bits per heavy atom. The number of hydrogen-bond donors (Lipinski definition) is 3. The molecule has 6 heteroatoms. The zero-order valence-corrected chi connectivity index (χ0v) is 12.1. The molecule has 0 aromatic heterocycles. The Bertz CT molecular complexity index is 489. The molecule has 1 saturated carbocycles. The van der Waals surface area contributed by atoms with E-state index in [2.05, 4.69) is 10.1 Å². The van der Waals surface area contributed by atoms with Crippen molar-refractivity contribution in [1.82, 2.24) is 4.90 Å². The first-order chi connectivity index (χ1) is 9.65. The smallest absolute Gasteiger partial charge is 0.170 e. The van der Waals surface area contributed by atoms with Crippen LogP contribution < -0.4 is 5.73 Å². The van der Waals surface area contributed by atoms with Crippen LogP contribution in [0.4, 0.5) is 0 Å². The molecule has 0 spiro atoms. The minimum absolute atomic E-state index is 0.0460. The number of oxime groups is 1. The van der Waals surface area contributed by atoms with Gasteiger partial charge in [-0.3, -0.25) is 4.90 Å². The molecule has 4 N–H and O–H groups in total. The van der Waals surface area contributed by atoms with Crippen molar-refractivity contribution in [2.45, 2.75) is 31.8 Å². The van der Waals surface area contributed by atoms with Gasteiger partial charge in [-0.25, -0.2) is 0 Å². The predicted octanol–water partition coefficient (Wildman–Crippen LogP) is 1.78. The largest absolute Gasteiger partial charge is 0.409 e. The summed E-state index contributed by atoms with van der Waals surface area (Å²) in [6.07, 6.45) is 3.61. The number of rotatable bonds is 6. The zero-order chi connectivity index (χ0) is 14.5. The Morgan fingerprint density at radius 3 is 2.70 bits per heavy atom. The highest BCUT2D eigenvalue weighted by Gasteiger charge is 2.25. The molecule has 0 unspecified atom stereocenters. The van der Waals surface area contributed by atoms with E-state index in [9.17, 15) is 0 Å². The Hall–Kier alpha value is -1.30. The molecule has 20 heavy (non-hydrogen) atoms. The summed E-state index contributed by atoms with van der Waals surface area (Å²) in [5, 5.41) is 21.4. The maximum absolute atomic E-state index is 9.17. The molecule has 0 saturated heterocycles. The second kappa shape index (κ2) is 6.92. The van der Waals surface area contributed by atoms with E-state index in [1.807, 2.05) is 6.07 Å². The lowest BCUT2D eigenvalue weighted by Crippen LogP contribution is -2.41. The van der Waals surface area contributed by atoms with Gasteiger partial charge in [0.15, 0.2) is 5.84 Å². The Kier molecular flexibility index (Phi) is 5.23. The molecular formula is C14H20ClN3O2. The first-order valence-corrected chi connectivity index (χ1v) is 7.14. The van der Waals surface area contributed by atoms with Crippen LogP contribution in [0.3, 0.4) is 0 Å². The van der Waals surface area contributed by atoms with Crippen LogP contribution in [0.5, 0.6) is 0 Å². The van der Waals surface area contributed by atoms with Gasteiger partial charge in [-0.2, -0.15) is 0 Å². The van der Waals surface area contributed by atoms with Crippen molar-refractivity contribution in [1.29, 1.82) is 0 Å². The predicted molar refractivity (Wildman–Crippen MR) is 79.1 cm³/mol. The van der Waals surface area contributed by atoms with Gasteiger partial charge < -0.3 is 16.0 Å². The van der Waals surface area contributed by atoms with Crippen molar-refractivity contribution in [3.05, 3.63) is 34.3 Å². The third-order valence-corrected chi connectivity index (χ3v) is 4.16. The molecule has 0 radical (unpaired) electrons. The third kappa shape index (κ3) is 3.42. The fourth-order valence-corrected chi connectivity index (χ4v) is 2.62. The number of benzene rings is 1. The molecule has 1 fully saturated rings. The lowest BCUT2D eigenvalue weighted by atomic mass is 9.91. The van der Waals surface area contributed by atoms with E-state index in [4.69, 9.17) is 27.6 Å². The number of hydrogen-bond acceptors (Lipinski definition) is 4. The molecule has 110 valence electrons. The second-order valence-corrected chi connectivity index (χ2v) is 5.48. The first kappa shape index (κ1) is 15.1. The van der Waals surface area contributed by atoms with Gasteiger partial charge in [-0.15, -0.1) is 0 Å². The molecule has 0 atom stereocenters. The van der Waals surface area contributed by atoms with Crippen LogP contribution >= 0.6 is 11.6 Å². The Morgan fingerprint density at radius 1 is 1.45 bits per heavy atom. The third-order valence-electron chi connectivity index (χ3n) is 3.81. The second-order valence-electron chi connectivity index (χ2n) is 5.07. The summed E-state index contributed by atoms with van der Waals surface area (Å²) >= 11 is 6.26. The van der Waals surface area contributed by atoms with Crippen molar-refractivity contribution < 1.29 is 10.3 Å².